The topological polar surface area (TPSA) is 70.6 Å². The molecule has 1 atom stereocenters. The second kappa shape index (κ2) is 5.70. The highest BCUT2D eigenvalue weighted by atomic mass is 19.3. The van der Waals surface area contributed by atoms with Crippen molar-refractivity contribution in [1.29, 1.82) is 0 Å². The first-order valence-electron chi connectivity index (χ1n) is 3.54. The number of hydrogen-bond donors (Lipinski definition) is 3. The summed E-state index contributed by atoms with van der Waals surface area (Å²) in [5.74, 6) is 0.0317. The van der Waals surface area contributed by atoms with Gasteiger partial charge in [0.05, 0.1) is 6.54 Å². The van der Waals surface area contributed by atoms with E-state index < -0.39 is 6.43 Å². The first-order valence-corrected chi connectivity index (χ1v) is 3.54. The Kier molecular flexibility index (Phi) is 5.27. The lowest BCUT2D eigenvalue weighted by molar-refractivity contribution is 0.142. The van der Waals surface area contributed by atoms with Crippen LogP contribution in [0.5, 0.6) is 0 Å². The van der Waals surface area contributed by atoms with Gasteiger partial charge in [-0.2, -0.15) is 0 Å². The zero-order valence-corrected chi connectivity index (χ0v) is 6.80. The molecule has 0 aromatic heterocycles. The molecule has 0 aromatic rings. The number of halogens is 2. The van der Waals surface area contributed by atoms with Gasteiger partial charge in [0.25, 0.3) is 6.43 Å². The number of amidine groups is 1. The van der Waals surface area contributed by atoms with E-state index in [4.69, 9.17) is 10.9 Å². The third-order valence-electron chi connectivity index (χ3n) is 1.26. The van der Waals surface area contributed by atoms with Gasteiger partial charge in [-0.15, -0.1) is 0 Å². The number of nitrogens with two attached hydrogens (primary N) is 1. The number of nitrogens with one attached hydrogen (secondary N) is 1. The van der Waals surface area contributed by atoms with E-state index in [-0.39, 0.29) is 24.8 Å². The van der Waals surface area contributed by atoms with E-state index in [2.05, 4.69) is 10.5 Å². The zero-order valence-electron chi connectivity index (χ0n) is 6.80. The fourth-order valence-corrected chi connectivity index (χ4v) is 0.717. The van der Waals surface area contributed by atoms with Crippen LogP contribution in [-0.4, -0.2) is 30.1 Å². The van der Waals surface area contributed by atoms with E-state index in [0.717, 1.165) is 0 Å². The Morgan fingerprint density at radius 1 is 1.67 bits per heavy atom. The summed E-state index contributed by atoms with van der Waals surface area (Å²) in [6.07, 6.45) is -2.12. The van der Waals surface area contributed by atoms with Crippen molar-refractivity contribution >= 4 is 5.84 Å². The molecule has 0 aromatic carbocycles. The predicted octanol–water partition coefficient (Wildman–Crippen LogP) is 0.366. The molecular weight excluding hydrogens is 168 g/mol. The van der Waals surface area contributed by atoms with Gasteiger partial charge in [-0.25, -0.2) is 8.78 Å². The predicted molar refractivity (Wildman–Crippen MR) is 41.5 cm³/mol. The lowest BCUT2D eigenvalue weighted by Crippen LogP contribution is -2.34. The van der Waals surface area contributed by atoms with Crippen molar-refractivity contribution in [2.24, 2.45) is 10.9 Å². The fraction of sp³-hybridized carbons (Fsp3) is 0.833. The van der Waals surface area contributed by atoms with Crippen molar-refractivity contribution in [3.8, 4) is 0 Å². The van der Waals surface area contributed by atoms with E-state index >= 15 is 0 Å². The average Bonchev–Trinajstić information content (AvgIpc) is 2.00. The van der Waals surface area contributed by atoms with Gasteiger partial charge in [-0.05, 0) is 6.92 Å². The second-order valence-electron chi connectivity index (χ2n) is 2.50. The quantitative estimate of drug-likeness (QED) is 0.248. The van der Waals surface area contributed by atoms with Gasteiger partial charge in [0.1, 0.15) is 5.84 Å². The van der Waals surface area contributed by atoms with Crippen molar-refractivity contribution in [2.75, 3.05) is 6.54 Å². The fourth-order valence-electron chi connectivity index (χ4n) is 0.717. The molecule has 0 aliphatic heterocycles. The monoisotopic (exact) mass is 181 g/mol. The number of alkyl halides is 2. The minimum atomic E-state index is -2.38. The normalized spacial score (nSPS) is 15.2. The van der Waals surface area contributed by atoms with Gasteiger partial charge in [0, 0.05) is 12.5 Å². The van der Waals surface area contributed by atoms with Crippen LogP contribution < -0.4 is 11.1 Å². The Hall–Kier alpha value is -0.910. The van der Waals surface area contributed by atoms with Crippen molar-refractivity contribution in [3.63, 3.8) is 0 Å². The van der Waals surface area contributed by atoms with Gasteiger partial charge in [0.2, 0.25) is 0 Å². The van der Waals surface area contributed by atoms with Crippen LogP contribution in [0.25, 0.3) is 0 Å². The summed E-state index contributed by atoms with van der Waals surface area (Å²) in [4.78, 5) is 0. The average molecular weight is 181 g/mol. The summed E-state index contributed by atoms with van der Waals surface area (Å²) in [5, 5.41) is 13.4. The number of hydrogen-bond acceptors (Lipinski definition) is 3. The summed E-state index contributed by atoms with van der Waals surface area (Å²) in [6, 6.07) is -0.213. The van der Waals surface area contributed by atoms with Crippen LogP contribution in [0.2, 0.25) is 0 Å². The lowest BCUT2D eigenvalue weighted by atomic mass is 10.2. The van der Waals surface area contributed by atoms with Crippen LogP contribution in [0.15, 0.2) is 5.16 Å². The molecule has 0 spiro atoms. The Morgan fingerprint density at radius 2 is 2.25 bits per heavy atom. The lowest BCUT2D eigenvalue weighted by Gasteiger charge is -2.11. The van der Waals surface area contributed by atoms with Gasteiger partial charge in [0.15, 0.2) is 0 Å². The van der Waals surface area contributed by atoms with Crippen molar-refractivity contribution in [3.05, 3.63) is 0 Å². The van der Waals surface area contributed by atoms with Crippen LogP contribution in [0.4, 0.5) is 8.78 Å². The van der Waals surface area contributed by atoms with E-state index in [1.165, 1.54) is 0 Å². The molecule has 12 heavy (non-hydrogen) atoms. The van der Waals surface area contributed by atoms with Crippen LogP contribution in [0, 0.1) is 0 Å². The van der Waals surface area contributed by atoms with Crippen molar-refractivity contribution < 1.29 is 14.0 Å². The maximum Gasteiger partial charge on any atom is 0.250 e. The molecule has 72 valence electrons. The molecule has 0 bridgehead atoms. The van der Waals surface area contributed by atoms with Crippen molar-refractivity contribution in [2.45, 2.75) is 25.8 Å². The second-order valence-corrected chi connectivity index (χ2v) is 2.50. The molecule has 0 aliphatic carbocycles. The summed E-state index contributed by atoms with van der Waals surface area (Å²) in [5.41, 5.74) is 5.15. The van der Waals surface area contributed by atoms with E-state index in [1.54, 1.807) is 6.92 Å². The molecule has 1 unspecified atom stereocenters. The minimum absolute atomic E-state index is 0.0317. The largest absolute Gasteiger partial charge is 0.409 e. The molecule has 0 radical (unpaired) electrons. The van der Waals surface area contributed by atoms with Gasteiger partial charge in [-0.3, -0.25) is 0 Å². The third-order valence-corrected chi connectivity index (χ3v) is 1.26. The number of oxime groups is 1. The molecule has 6 heteroatoms. The summed E-state index contributed by atoms with van der Waals surface area (Å²) in [6.45, 7) is 1.31. The van der Waals surface area contributed by atoms with Gasteiger partial charge >= 0.3 is 0 Å². The molecule has 0 aliphatic rings. The summed E-state index contributed by atoms with van der Waals surface area (Å²) >= 11 is 0. The summed E-state index contributed by atoms with van der Waals surface area (Å²) in [7, 11) is 0. The van der Waals surface area contributed by atoms with Gasteiger partial charge in [-0.1, -0.05) is 5.16 Å². The molecule has 0 fully saturated rings. The van der Waals surface area contributed by atoms with E-state index in [1.807, 2.05) is 0 Å². The third kappa shape index (κ3) is 5.84. The molecule has 0 saturated heterocycles. The minimum Gasteiger partial charge on any atom is -0.409 e. The van der Waals surface area contributed by atoms with Crippen LogP contribution >= 0.6 is 0 Å². The highest BCUT2D eigenvalue weighted by Gasteiger charge is 2.07. The van der Waals surface area contributed by atoms with Crippen molar-refractivity contribution in [1.82, 2.24) is 5.32 Å². The Labute approximate surface area is 69.4 Å². The SMILES string of the molecule is CC(CC(N)=NO)NCC(F)F. The first kappa shape index (κ1) is 11.1. The Bertz CT molecular complexity index is 152. The van der Waals surface area contributed by atoms with Crippen LogP contribution in [-0.2, 0) is 0 Å². The van der Waals surface area contributed by atoms with Crippen LogP contribution in [0.3, 0.4) is 0 Å². The number of rotatable bonds is 5. The smallest absolute Gasteiger partial charge is 0.250 e. The first-order chi connectivity index (χ1) is 5.56. The van der Waals surface area contributed by atoms with E-state index in [9.17, 15) is 8.78 Å². The molecule has 0 rings (SSSR count). The van der Waals surface area contributed by atoms with Crippen LogP contribution in [0.1, 0.15) is 13.3 Å². The van der Waals surface area contributed by atoms with E-state index in [0.29, 0.717) is 0 Å². The van der Waals surface area contributed by atoms with Gasteiger partial charge < -0.3 is 16.3 Å². The maximum absolute atomic E-state index is 11.6. The molecule has 4 N–H and O–H groups in total. The highest BCUT2D eigenvalue weighted by Crippen LogP contribution is 1.93. The Balaban J connectivity index is 3.53. The molecular formula is C6H13F2N3O. The molecule has 0 saturated carbocycles. The zero-order chi connectivity index (χ0) is 9.56. The summed E-state index contributed by atoms with van der Waals surface area (Å²) < 4.78 is 23.3. The molecule has 0 amide bonds. The maximum atomic E-state index is 11.6. The molecule has 4 nitrogen and oxygen atoms in total. The Morgan fingerprint density at radius 3 is 2.67 bits per heavy atom. The highest BCUT2D eigenvalue weighted by molar-refractivity contribution is 5.80. The number of nitrogens with zero attached hydrogens (tertiary/aromatic N) is 1. The molecule has 0 heterocycles. The standard InChI is InChI=1S/C6H13F2N3O/c1-4(2-6(9)11-12)10-3-5(7)8/h4-5,10,12H,2-3H2,1H3,(H2,9,11).